The van der Waals surface area contributed by atoms with Gasteiger partial charge in [-0.15, -0.1) is 0 Å². The molecule has 1 heteroatoms. The Labute approximate surface area is 126 Å². The van der Waals surface area contributed by atoms with Crippen LogP contribution < -0.4 is 4.90 Å². The molecule has 0 heterocycles. The summed E-state index contributed by atoms with van der Waals surface area (Å²) in [5.74, 6) is 1.10. The van der Waals surface area contributed by atoms with Crippen molar-refractivity contribution in [2.24, 2.45) is 0 Å². The zero-order chi connectivity index (χ0) is 15.7. The Balaban J connectivity index is 3.60. The first-order chi connectivity index (χ1) is 9.07. The molecule has 114 valence electrons. The van der Waals surface area contributed by atoms with Crippen LogP contribution >= 0.6 is 0 Å². The van der Waals surface area contributed by atoms with Crippen LogP contribution in [-0.2, 0) is 0 Å². The molecule has 0 radical (unpaired) electrons. The molecule has 0 unspecified atom stereocenters. The summed E-state index contributed by atoms with van der Waals surface area (Å²) in [5, 5.41) is 0. The van der Waals surface area contributed by atoms with Gasteiger partial charge in [0.2, 0.25) is 0 Å². The van der Waals surface area contributed by atoms with Crippen molar-refractivity contribution in [2.45, 2.75) is 85.7 Å². The predicted molar refractivity (Wildman–Crippen MR) is 92.0 cm³/mol. The van der Waals surface area contributed by atoms with Crippen molar-refractivity contribution < 1.29 is 0 Å². The molecule has 20 heavy (non-hydrogen) atoms. The molecule has 0 aliphatic rings. The summed E-state index contributed by atoms with van der Waals surface area (Å²) in [6, 6.07) is 7.31. The van der Waals surface area contributed by atoms with Crippen molar-refractivity contribution in [2.75, 3.05) is 4.90 Å². The van der Waals surface area contributed by atoms with Crippen LogP contribution in [0.25, 0.3) is 0 Å². The van der Waals surface area contributed by atoms with Gasteiger partial charge in [-0.1, -0.05) is 45.9 Å². The Morgan fingerprint density at radius 3 is 1.45 bits per heavy atom. The maximum absolute atomic E-state index is 2.59. The monoisotopic (exact) mass is 275 g/mol. The molecule has 0 amide bonds. The predicted octanol–water partition coefficient (Wildman–Crippen LogP) is 5.95. The van der Waals surface area contributed by atoms with E-state index in [1.54, 1.807) is 0 Å². The van der Waals surface area contributed by atoms with Crippen LogP contribution in [0, 0.1) is 0 Å². The molecule has 1 aromatic carbocycles. The third-order valence-corrected chi connectivity index (χ3v) is 3.82. The summed E-state index contributed by atoms with van der Waals surface area (Å²) in [7, 11) is 0. The molecule has 1 nitrogen and oxygen atoms in total. The van der Waals surface area contributed by atoms with Gasteiger partial charge in [0, 0.05) is 17.3 Å². The summed E-state index contributed by atoms with van der Waals surface area (Å²) in [5.41, 5.74) is 4.53. The van der Waals surface area contributed by atoms with Gasteiger partial charge in [-0.2, -0.15) is 0 Å². The second kappa shape index (κ2) is 6.20. The number of benzene rings is 1. The summed E-state index contributed by atoms with van der Waals surface area (Å²) >= 11 is 0. The third kappa shape index (κ3) is 3.56. The van der Waals surface area contributed by atoms with Crippen molar-refractivity contribution in [1.82, 2.24) is 0 Å². The highest BCUT2D eigenvalue weighted by atomic mass is 15.2. The maximum Gasteiger partial charge on any atom is 0.0443 e. The quantitative estimate of drug-likeness (QED) is 0.656. The van der Waals surface area contributed by atoms with E-state index in [2.05, 4.69) is 85.4 Å². The number of para-hydroxylation sites is 1. The van der Waals surface area contributed by atoms with Crippen molar-refractivity contribution in [3.8, 4) is 0 Å². The summed E-state index contributed by atoms with van der Waals surface area (Å²) in [4.78, 5) is 2.59. The molecule has 0 aromatic heterocycles. The topological polar surface area (TPSA) is 3.24 Å². The van der Waals surface area contributed by atoms with Gasteiger partial charge in [-0.25, -0.2) is 0 Å². The molecule has 0 saturated carbocycles. The molecule has 0 N–H and O–H groups in total. The van der Waals surface area contributed by atoms with Gasteiger partial charge in [0.15, 0.2) is 0 Å². The van der Waals surface area contributed by atoms with E-state index >= 15 is 0 Å². The van der Waals surface area contributed by atoms with Crippen LogP contribution in [0.5, 0.6) is 0 Å². The zero-order valence-corrected chi connectivity index (χ0v) is 14.9. The minimum absolute atomic E-state index is 0.128. The number of nitrogens with zero attached hydrogens (tertiary/aromatic N) is 1. The second-order valence-electron chi connectivity index (χ2n) is 7.73. The lowest BCUT2D eigenvalue weighted by Crippen LogP contribution is -2.47. The highest BCUT2D eigenvalue weighted by Crippen LogP contribution is 2.39. The Morgan fingerprint density at radius 2 is 1.20 bits per heavy atom. The van der Waals surface area contributed by atoms with Crippen molar-refractivity contribution in [1.29, 1.82) is 0 Å². The van der Waals surface area contributed by atoms with Crippen LogP contribution in [0.2, 0.25) is 0 Å². The van der Waals surface area contributed by atoms with Crippen molar-refractivity contribution in [3.05, 3.63) is 29.3 Å². The number of rotatable bonds is 4. The molecule has 0 saturated heterocycles. The van der Waals surface area contributed by atoms with Gasteiger partial charge >= 0.3 is 0 Å². The largest absolute Gasteiger partial charge is 0.364 e. The normalized spacial score (nSPS) is 12.6. The molecule has 0 aliphatic carbocycles. The van der Waals surface area contributed by atoms with Gasteiger partial charge in [-0.05, 0) is 57.6 Å². The zero-order valence-electron chi connectivity index (χ0n) is 14.9. The lowest BCUT2D eigenvalue weighted by atomic mass is 9.89. The Hall–Kier alpha value is -0.980. The van der Waals surface area contributed by atoms with Crippen LogP contribution in [0.1, 0.15) is 85.3 Å². The summed E-state index contributed by atoms with van der Waals surface area (Å²) in [6.45, 7) is 20.7. The Kier molecular flexibility index (Phi) is 5.29. The fraction of sp³-hybridized carbons (Fsp3) is 0.684. The second-order valence-corrected chi connectivity index (χ2v) is 7.73. The number of hydrogen-bond acceptors (Lipinski definition) is 1. The van der Waals surface area contributed by atoms with E-state index in [9.17, 15) is 0 Å². The molecule has 1 rings (SSSR count). The minimum atomic E-state index is 0.128. The molecule has 0 fully saturated rings. The molecule has 1 aromatic rings. The average Bonchev–Trinajstić information content (AvgIpc) is 2.25. The molecule has 0 atom stereocenters. The van der Waals surface area contributed by atoms with Gasteiger partial charge in [-0.3, -0.25) is 0 Å². The highest BCUT2D eigenvalue weighted by Gasteiger charge is 2.29. The number of hydrogen-bond donors (Lipinski definition) is 0. The number of anilines is 1. The van der Waals surface area contributed by atoms with E-state index in [0.717, 1.165) is 0 Å². The van der Waals surface area contributed by atoms with Crippen LogP contribution in [0.15, 0.2) is 18.2 Å². The standard InChI is InChI=1S/C19H33N/c1-13(2)16-11-10-12-17(14(3)4)18(16)20(15(5)6)19(7,8)9/h10-15H,1-9H3. The lowest BCUT2D eigenvalue weighted by molar-refractivity contribution is 0.461. The smallest absolute Gasteiger partial charge is 0.0443 e. The van der Waals surface area contributed by atoms with E-state index < -0.39 is 0 Å². The van der Waals surface area contributed by atoms with Crippen LogP contribution in [0.4, 0.5) is 5.69 Å². The van der Waals surface area contributed by atoms with Gasteiger partial charge in [0.1, 0.15) is 0 Å². The molecular weight excluding hydrogens is 242 g/mol. The lowest BCUT2D eigenvalue weighted by Gasteiger charge is -2.44. The van der Waals surface area contributed by atoms with Crippen LogP contribution in [0.3, 0.4) is 0 Å². The fourth-order valence-corrected chi connectivity index (χ4v) is 3.16. The highest BCUT2D eigenvalue weighted by molar-refractivity contribution is 5.63. The van der Waals surface area contributed by atoms with Gasteiger partial charge in [0.05, 0.1) is 0 Å². The minimum Gasteiger partial charge on any atom is -0.364 e. The van der Waals surface area contributed by atoms with Gasteiger partial charge < -0.3 is 4.90 Å². The molecular formula is C19H33N. The van der Waals surface area contributed by atoms with E-state index in [1.165, 1.54) is 16.8 Å². The van der Waals surface area contributed by atoms with Crippen LogP contribution in [-0.4, -0.2) is 11.6 Å². The summed E-state index contributed by atoms with van der Waals surface area (Å²) < 4.78 is 0. The Bertz CT molecular complexity index is 409. The summed E-state index contributed by atoms with van der Waals surface area (Å²) in [6.07, 6.45) is 0. The first-order valence-corrected chi connectivity index (χ1v) is 7.99. The SMILES string of the molecule is CC(C)c1cccc(C(C)C)c1N(C(C)C)C(C)(C)C. The van der Waals surface area contributed by atoms with E-state index in [-0.39, 0.29) is 5.54 Å². The van der Waals surface area contributed by atoms with Gasteiger partial charge in [0.25, 0.3) is 0 Å². The average molecular weight is 275 g/mol. The van der Waals surface area contributed by atoms with E-state index in [4.69, 9.17) is 0 Å². The molecule has 0 spiro atoms. The first kappa shape index (κ1) is 17.1. The van der Waals surface area contributed by atoms with Crippen molar-refractivity contribution >= 4 is 5.69 Å². The van der Waals surface area contributed by atoms with Crippen molar-refractivity contribution in [3.63, 3.8) is 0 Å². The first-order valence-electron chi connectivity index (χ1n) is 7.99. The molecule has 0 bridgehead atoms. The fourth-order valence-electron chi connectivity index (χ4n) is 3.16. The molecule has 0 aliphatic heterocycles. The van der Waals surface area contributed by atoms with E-state index in [1.807, 2.05) is 0 Å². The third-order valence-electron chi connectivity index (χ3n) is 3.82. The maximum atomic E-state index is 2.59. The Morgan fingerprint density at radius 1 is 0.800 bits per heavy atom. The van der Waals surface area contributed by atoms with E-state index in [0.29, 0.717) is 17.9 Å².